The predicted molar refractivity (Wildman–Crippen MR) is 138 cm³/mol. The number of rotatable bonds is 8. The molecule has 1 N–H and O–H groups in total. The number of carbonyl (C=O) groups is 1. The number of alkyl halides is 6. The number of benzene rings is 2. The van der Waals surface area contributed by atoms with Crippen molar-refractivity contribution >= 4 is 63.9 Å². The zero-order valence-electron chi connectivity index (χ0n) is 19.2. The van der Waals surface area contributed by atoms with Crippen molar-refractivity contribution in [1.29, 1.82) is 0 Å². The first-order valence-corrected chi connectivity index (χ1v) is 12.4. The average molecular weight is 603 g/mol. The van der Waals surface area contributed by atoms with E-state index < -0.39 is 30.2 Å². The van der Waals surface area contributed by atoms with Crippen LogP contribution in [0.1, 0.15) is 52.2 Å². The Bertz CT molecular complexity index is 1210. The maximum Gasteiger partial charge on any atom is 0.405 e. The van der Waals surface area contributed by atoms with Crippen LogP contribution in [0.2, 0.25) is 15.1 Å². The van der Waals surface area contributed by atoms with Crippen molar-refractivity contribution in [3.8, 4) is 0 Å². The van der Waals surface area contributed by atoms with Gasteiger partial charge in [-0.15, -0.1) is 0 Å². The molecule has 200 valence electrons. The van der Waals surface area contributed by atoms with E-state index in [1.54, 1.807) is 13.0 Å². The first kappa shape index (κ1) is 29.7. The summed E-state index contributed by atoms with van der Waals surface area (Å²) in [5, 5.41) is 1.95. The highest BCUT2D eigenvalue weighted by Crippen LogP contribution is 2.50. The molecule has 37 heavy (non-hydrogen) atoms. The van der Waals surface area contributed by atoms with Crippen LogP contribution in [0.4, 0.5) is 26.3 Å². The lowest BCUT2D eigenvalue weighted by atomic mass is 9.92. The van der Waals surface area contributed by atoms with Gasteiger partial charge < -0.3 is 5.32 Å². The van der Waals surface area contributed by atoms with Crippen LogP contribution in [0, 0.1) is 12.3 Å². The smallest absolute Gasteiger partial charge is 0.371 e. The second kappa shape index (κ2) is 11.1. The van der Waals surface area contributed by atoms with Gasteiger partial charge in [0.1, 0.15) is 6.54 Å². The third kappa shape index (κ3) is 7.62. The van der Waals surface area contributed by atoms with Gasteiger partial charge in [-0.25, -0.2) is 0 Å². The van der Waals surface area contributed by atoms with Crippen LogP contribution in [0.25, 0.3) is 6.08 Å². The molecule has 0 bridgehead atoms. The number of nitrogens with one attached hydrogen (secondary N) is 1. The van der Waals surface area contributed by atoms with Gasteiger partial charge >= 0.3 is 12.4 Å². The van der Waals surface area contributed by atoms with Gasteiger partial charge in [-0.3, -0.25) is 4.79 Å². The van der Waals surface area contributed by atoms with Crippen molar-refractivity contribution < 1.29 is 31.1 Å². The lowest BCUT2D eigenvalue weighted by molar-refractivity contribution is -0.139. The van der Waals surface area contributed by atoms with Crippen LogP contribution >= 0.6 is 47.0 Å². The summed E-state index contributed by atoms with van der Waals surface area (Å²) in [6.07, 6.45) is -5.90. The van der Waals surface area contributed by atoms with Crippen LogP contribution in [0.5, 0.6) is 0 Å². The molecule has 0 amide bonds. The third-order valence-electron chi connectivity index (χ3n) is 6.03. The van der Waals surface area contributed by atoms with Gasteiger partial charge in [0, 0.05) is 17.4 Å². The lowest BCUT2D eigenvalue weighted by Crippen LogP contribution is -2.38. The molecule has 0 spiro atoms. The number of thiocarbonyl (C=S) groups is 1. The molecule has 0 aromatic heterocycles. The van der Waals surface area contributed by atoms with Gasteiger partial charge in [-0.1, -0.05) is 77.4 Å². The molecule has 2 aromatic rings. The minimum absolute atomic E-state index is 0.0102. The van der Waals surface area contributed by atoms with E-state index in [0.29, 0.717) is 29.5 Å². The molecule has 3 rings (SSSR count). The van der Waals surface area contributed by atoms with E-state index in [-0.39, 0.29) is 37.8 Å². The van der Waals surface area contributed by atoms with Crippen LogP contribution in [0.15, 0.2) is 36.4 Å². The lowest BCUT2D eigenvalue weighted by Gasteiger charge is -2.19. The first-order chi connectivity index (χ1) is 17.0. The number of hydrogen-bond donors (Lipinski definition) is 1. The second-order valence-electron chi connectivity index (χ2n) is 8.93. The number of aryl methyl sites for hydroxylation is 1. The maximum absolute atomic E-state index is 13.8. The summed E-state index contributed by atoms with van der Waals surface area (Å²) in [7, 11) is 0. The molecule has 0 radical (unpaired) electrons. The summed E-state index contributed by atoms with van der Waals surface area (Å²) >= 11 is 22.8. The Balaban J connectivity index is 1.76. The molecule has 2 aromatic carbocycles. The highest BCUT2D eigenvalue weighted by Gasteiger charge is 2.49. The van der Waals surface area contributed by atoms with Crippen molar-refractivity contribution in [2.75, 3.05) is 6.54 Å². The Kier molecular flexibility index (Phi) is 8.94. The zero-order chi connectivity index (χ0) is 27.8. The fraction of sp³-hybridized carbons (Fsp3) is 0.360. The van der Waals surface area contributed by atoms with Gasteiger partial charge in [0.25, 0.3) is 0 Å². The largest absolute Gasteiger partial charge is 0.405 e. The molecule has 0 aliphatic heterocycles. The normalized spacial score (nSPS) is 16.1. The number of carbonyl (C=O) groups excluding carboxylic acids is 1. The van der Waals surface area contributed by atoms with Crippen LogP contribution in [0.3, 0.4) is 0 Å². The second-order valence-corrected chi connectivity index (χ2v) is 10.5. The molecular weight excluding hydrogens is 583 g/mol. The Labute approximate surface area is 230 Å². The number of hydrogen-bond acceptors (Lipinski definition) is 2. The SMILES string of the molecule is Cc1cc(/C=C/C(c2cc(Cl)c(Cl)c(Cl)c2)C(F)(F)F)ccc1C(=O)CC1(C(=S)NCC(F)(F)F)CC1. The van der Waals surface area contributed by atoms with Crippen LogP contribution < -0.4 is 5.32 Å². The molecule has 1 aliphatic rings. The Hall–Kier alpha value is -1.81. The predicted octanol–water partition coefficient (Wildman–Crippen LogP) is 9.15. The van der Waals surface area contributed by atoms with E-state index in [0.717, 1.165) is 18.2 Å². The average Bonchev–Trinajstić information content (AvgIpc) is 3.55. The molecule has 1 aliphatic carbocycles. The van der Waals surface area contributed by atoms with Gasteiger partial charge in [-0.2, -0.15) is 26.3 Å². The van der Waals surface area contributed by atoms with Crippen LogP contribution in [-0.2, 0) is 0 Å². The summed E-state index contributed by atoms with van der Waals surface area (Å²) in [5.41, 5.74) is 0.266. The van der Waals surface area contributed by atoms with E-state index in [1.807, 2.05) is 0 Å². The van der Waals surface area contributed by atoms with Crippen LogP contribution in [-0.4, -0.2) is 29.7 Å². The summed E-state index contributed by atoms with van der Waals surface area (Å²) in [5.74, 6) is -2.32. The Morgan fingerprint density at radius 3 is 2.16 bits per heavy atom. The first-order valence-electron chi connectivity index (χ1n) is 10.9. The minimum atomic E-state index is -4.64. The Morgan fingerprint density at radius 1 is 1.08 bits per heavy atom. The zero-order valence-corrected chi connectivity index (χ0v) is 22.2. The highest BCUT2D eigenvalue weighted by atomic mass is 35.5. The number of Topliss-reactive ketones (excluding diaryl/α,β-unsaturated/α-hetero) is 1. The summed E-state index contributed by atoms with van der Waals surface area (Å²) in [6, 6.07) is 6.74. The molecule has 0 saturated heterocycles. The van der Waals surface area contributed by atoms with Gasteiger partial charge in [0.2, 0.25) is 0 Å². The highest BCUT2D eigenvalue weighted by molar-refractivity contribution is 7.80. The minimum Gasteiger partial charge on any atom is -0.371 e. The van der Waals surface area contributed by atoms with Crippen molar-refractivity contribution in [2.24, 2.45) is 5.41 Å². The Morgan fingerprint density at radius 2 is 1.68 bits per heavy atom. The topological polar surface area (TPSA) is 29.1 Å². The van der Waals surface area contributed by atoms with E-state index in [4.69, 9.17) is 47.0 Å². The molecule has 12 heteroatoms. The molecule has 1 unspecified atom stereocenters. The van der Waals surface area contributed by atoms with E-state index in [9.17, 15) is 31.1 Å². The summed E-state index contributed by atoms with van der Waals surface area (Å²) in [6.45, 7) is 0.361. The van der Waals surface area contributed by atoms with E-state index in [1.165, 1.54) is 18.2 Å². The molecular formula is C25H20Cl3F6NOS. The summed E-state index contributed by atoms with van der Waals surface area (Å²) < 4.78 is 78.8. The van der Waals surface area contributed by atoms with Crippen molar-refractivity contribution in [3.05, 3.63) is 73.7 Å². The monoisotopic (exact) mass is 601 g/mol. The van der Waals surface area contributed by atoms with E-state index in [2.05, 4.69) is 5.32 Å². The summed E-state index contributed by atoms with van der Waals surface area (Å²) in [4.78, 5) is 12.9. The van der Waals surface area contributed by atoms with Gasteiger partial charge in [-0.05, 0) is 48.6 Å². The van der Waals surface area contributed by atoms with Crippen molar-refractivity contribution in [2.45, 2.75) is 44.5 Å². The maximum atomic E-state index is 13.8. The van der Waals surface area contributed by atoms with E-state index >= 15 is 0 Å². The molecule has 0 heterocycles. The fourth-order valence-electron chi connectivity index (χ4n) is 3.88. The van der Waals surface area contributed by atoms with Gasteiger partial charge in [0.15, 0.2) is 5.78 Å². The third-order valence-corrected chi connectivity index (χ3v) is 7.81. The molecule has 1 atom stereocenters. The molecule has 2 nitrogen and oxygen atoms in total. The molecule has 1 fully saturated rings. The quantitative estimate of drug-likeness (QED) is 0.141. The van der Waals surface area contributed by atoms with Crippen molar-refractivity contribution in [3.63, 3.8) is 0 Å². The number of ketones is 1. The fourth-order valence-corrected chi connectivity index (χ4v) is 4.84. The van der Waals surface area contributed by atoms with Crippen molar-refractivity contribution in [1.82, 2.24) is 5.32 Å². The standard InChI is InChI=1S/C25H20Cl3F6NOS/c1-13-8-14(3-5-17(25(32,33)34)15-9-18(26)21(28)19(27)10-15)2-4-16(13)20(36)11-23(6-7-23)22(37)35-12-24(29,30)31/h2-5,8-10,17H,6-7,11-12H2,1H3,(H,35,37)/b5-3+. The molecule has 1 saturated carbocycles. The number of halogens is 9. The van der Waals surface area contributed by atoms with Gasteiger partial charge in [0.05, 0.1) is 26.0 Å². The number of allylic oxidation sites excluding steroid dienone is 1.